The van der Waals surface area contributed by atoms with E-state index in [-0.39, 0.29) is 0 Å². The predicted molar refractivity (Wildman–Crippen MR) is 533 cm³/mol. The molecule has 115 heavy (non-hydrogen) atoms. The maximum Gasteiger partial charge on any atom is -0.0269 e. The number of hydrogen-bond donors (Lipinski definition) is 0. The largest absolute Gasteiger partial charge is 0.0654 e. The molecule has 2 atom stereocenters. The molecule has 0 nitrogen and oxygen atoms in total. The Labute approximate surface area is 734 Å². The van der Waals surface area contributed by atoms with Gasteiger partial charge < -0.3 is 0 Å². The van der Waals surface area contributed by atoms with Gasteiger partial charge in [0.05, 0.1) is 0 Å². The van der Waals surface area contributed by atoms with Crippen molar-refractivity contribution >= 4 is 0 Å². The summed E-state index contributed by atoms with van der Waals surface area (Å²) in [5.74, 6) is 0.971. The van der Waals surface area contributed by atoms with Crippen molar-refractivity contribution in [2.24, 2.45) is 11.3 Å². The zero-order chi connectivity index (χ0) is 82.4. The molecule has 692 valence electrons. The highest BCUT2D eigenvalue weighted by Gasteiger charge is 2.36. The quantitative estimate of drug-likeness (QED) is 0.0533. The van der Waals surface area contributed by atoms with E-state index in [0.29, 0.717) is 5.41 Å². The fourth-order valence-electron chi connectivity index (χ4n) is 20.8. The van der Waals surface area contributed by atoms with Gasteiger partial charge in [-0.25, -0.2) is 0 Å². The molecule has 0 amide bonds. The topological polar surface area (TPSA) is 0 Å². The highest BCUT2D eigenvalue weighted by atomic mass is 14.4. The van der Waals surface area contributed by atoms with Gasteiger partial charge in [0.1, 0.15) is 0 Å². The minimum Gasteiger partial charge on any atom is -0.0654 e. The Balaban J connectivity index is 5.98. The molecule has 0 radical (unpaired) electrons. The van der Waals surface area contributed by atoms with E-state index in [4.69, 9.17) is 0 Å². The van der Waals surface area contributed by atoms with E-state index in [1.165, 1.54) is 661 Å². The molecule has 0 aromatic heterocycles. The summed E-state index contributed by atoms with van der Waals surface area (Å²) < 4.78 is 0. The smallest absolute Gasteiger partial charge is 0.0269 e. The van der Waals surface area contributed by atoms with Crippen LogP contribution < -0.4 is 0 Å². The van der Waals surface area contributed by atoms with E-state index < -0.39 is 0 Å². The Kier molecular flexibility index (Phi) is 106. The van der Waals surface area contributed by atoms with E-state index in [9.17, 15) is 0 Å². The molecule has 2 unspecified atom stereocenters. The summed E-state index contributed by atoms with van der Waals surface area (Å²) in [6, 6.07) is 0. The first-order valence-corrected chi connectivity index (χ1v) is 57.2. The van der Waals surface area contributed by atoms with E-state index in [0.717, 1.165) is 5.92 Å². The first-order valence-electron chi connectivity index (χ1n) is 57.2. The molecule has 0 aliphatic carbocycles. The van der Waals surface area contributed by atoms with E-state index in [1.54, 1.807) is 32.1 Å². The van der Waals surface area contributed by atoms with Crippen molar-refractivity contribution in [2.75, 3.05) is 0 Å². The zero-order valence-electron chi connectivity index (χ0n) is 82.4. The average molecular weight is 1620 g/mol. The molecule has 0 spiro atoms. The third-order valence-electron chi connectivity index (χ3n) is 29.0. The van der Waals surface area contributed by atoms with Crippen molar-refractivity contribution in [3.8, 4) is 0 Å². The van der Waals surface area contributed by atoms with Crippen LogP contribution >= 0.6 is 0 Å². The summed E-state index contributed by atoms with van der Waals surface area (Å²) in [6.45, 7) is 11.7. The Bertz CT molecular complexity index is 1590. The maximum atomic E-state index is 2.34. The summed E-state index contributed by atoms with van der Waals surface area (Å²) in [5, 5.41) is 0. The van der Waals surface area contributed by atoms with Gasteiger partial charge in [-0.3, -0.25) is 0 Å². The Morgan fingerprint density at radius 2 is 0.174 bits per heavy atom. The van der Waals surface area contributed by atoms with Gasteiger partial charge in [0.2, 0.25) is 0 Å². The summed E-state index contributed by atoms with van der Waals surface area (Å²) in [5.41, 5.74) is 0.595. The van der Waals surface area contributed by atoms with Crippen LogP contribution in [0.1, 0.15) is 728 Å². The predicted octanol–water partition coefficient (Wildman–Crippen LogP) is 44.8. The molecular formula is C115H232. The molecule has 0 heterocycles. The maximum absolute atomic E-state index is 2.34. The number of hydrogen-bond acceptors (Lipinski definition) is 0. The Hall–Kier alpha value is 0. The Morgan fingerprint density at radius 1 is 0.0957 bits per heavy atom. The second-order valence-electron chi connectivity index (χ2n) is 40.5. The van der Waals surface area contributed by atoms with Gasteiger partial charge in [0.25, 0.3) is 0 Å². The molecule has 0 aliphatic heterocycles. The molecule has 0 rings (SSSR count). The van der Waals surface area contributed by atoms with Crippen LogP contribution in [0.5, 0.6) is 0 Å². The fourth-order valence-corrected chi connectivity index (χ4v) is 20.8. The van der Waals surface area contributed by atoms with Gasteiger partial charge in [0, 0.05) is 0 Å². The van der Waals surface area contributed by atoms with Crippen LogP contribution in [0, 0.1) is 11.3 Å². The standard InChI is InChI=1S/C115H232/c1-6-11-16-21-26-31-36-41-46-51-56-60-63-68-73-78-83-88-93-98-103-108-113-115(111-106-101-96-91-86-81-76-71-66-59-54-49-44-39-34-29-24-19-14-9-4,112-107-102-97-92-87-82-77-72-67-62-58-53-48-43-38-33-28-23-18-13-8-3)114(109-104-99-94-89-84-79-74-69-64-55-50-45-40-35-30-25-20-15-10-5)110-105-100-95-90-85-80-75-70-65-61-57-52-47-42-37-32-27-22-17-12-7-2/h114H,6-113H2,1-5H3. The third-order valence-corrected chi connectivity index (χ3v) is 29.0. The molecule has 0 fully saturated rings. The number of unbranched alkanes of at least 4 members (excludes halogenated alkanes) is 98. The molecule has 0 aromatic rings. The second kappa shape index (κ2) is 106. The van der Waals surface area contributed by atoms with Crippen LogP contribution in [-0.2, 0) is 0 Å². The van der Waals surface area contributed by atoms with Gasteiger partial charge >= 0.3 is 0 Å². The molecule has 0 saturated carbocycles. The lowest BCUT2D eigenvalue weighted by Gasteiger charge is -2.43. The first kappa shape index (κ1) is 115. The lowest BCUT2D eigenvalue weighted by molar-refractivity contribution is 0.0813. The normalized spacial score (nSPS) is 12.7. The summed E-state index contributed by atoms with van der Waals surface area (Å²) in [7, 11) is 0. The molecule has 0 saturated heterocycles. The number of rotatable bonds is 109. The van der Waals surface area contributed by atoms with Gasteiger partial charge in [0.15, 0.2) is 0 Å². The van der Waals surface area contributed by atoms with Crippen LogP contribution in [0.4, 0.5) is 0 Å². The SMILES string of the molecule is CCCCCCCCCCCCCCCCCCCCCCCCC(CCCCCCCCCCCCCCCCCCCCCC)(CCCCCCCCCCCCCCCCCCCCCCC)C(CCCCCCCCCCCCCCCCCCCCC)CCCCCCCCCCCCCCCCCCCCCCC. The zero-order valence-corrected chi connectivity index (χ0v) is 82.4. The van der Waals surface area contributed by atoms with Crippen LogP contribution in [-0.4, -0.2) is 0 Å². The lowest BCUT2D eigenvalue weighted by Crippen LogP contribution is -2.32. The second-order valence-corrected chi connectivity index (χ2v) is 40.5. The van der Waals surface area contributed by atoms with Gasteiger partial charge in [-0.2, -0.15) is 0 Å². The third kappa shape index (κ3) is 96.1. The van der Waals surface area contributed by atoms with Crippen LogP contribution in [0.2, 0.25) is 0 Å². The van der Waals surface area contributed by atoms with Crippen molar-refractivity contribution < 1.29 is 0 Å². The van der Waals surface area contributed by atoms with Crippen LogP contribution in [0.15, 0.2) is 0 Å². The summed E-state index contributed by atoms with van der Waals surface area (Å²) >= 11 is 0. The lowest BCUT2D eigenvalue weighted by atomic mass is 9.62. The van der Waals surface area contributed by atoms with Gasteiger partial charge in [-0.15, -0.1) is 0 Å². The average Bonchev–Trinajstić information content (AvgIpc) is 0.825. The van der Waals surface area contributed by atoms with Crippen molar-refractivity contribution in [1.82, 2.24) is 0 Å². The van der Waals surface area contributed by atoms with Gasteiger partial charge in [-0.05, 0) is 43.4 Å². The molecule has 0 aliphatic rings. The highest BCUT2D eigenvalue weighted by Crippen LogP contribution is 2.49. The van der Waals surface area contributed by atoms with E-state index in [1.807, 2.05) is 0 Å². The minimum atomic E-state index is 0.595. The van der Waals surface area contributed by atoms with Gasteiger partial charge in [-0.1, -0.05) is 696 Å². The summed E-state index contributed by atoms with van der Waals surface area (Å²) in [4.78, 5) is 0. The van der Waals surface area contributed by atoms with Crippen LogP contribution in [0.25, 0.3) is 0 Å². The molecule has 0 heteroatoms. The molecular weight excluding hydrogens is 1380 g/mol. The van der Waals surface area contributed by atoms with Crippen molar-refractivity contribution in [3.63, 3.8) is 0 Å². The monoisotopic (exact) mass is 1610 g/mol. The Morgan fingerprint density at radius 3 is 0.270 bits per heavy atom. The van der Waals surface area contributed by atoms with Crippen molar-refractivity contribution in [1.29, 1.82) is 0 Å². The molecule has 0 bridgehead atoms. The summed E-state index contributed by atoms with van der Waals surface area (Å²) in [6.07, 6.45) is 161. The van der Waals surface area contributed by atoms with Crippen molar-refractivity contribution in [2.45, 2.75) is 728 Å². The van der Waals surface area contributed by atoms with E-state index in [2.05, 4.69) is 34.6 Å². The molecule has 0 N–H and O–H groups in total. The highest BCUT2D eigenvalue weighted by molar-refractivity contribution is 4.88. The van der Waals surface area contributed by atoms with Crippen LogP contribution in [0.3, 0.4) is 0 Å². The minimum absolute atomic E-state index is 0.595. The van der Waals surface area contributed by atoms with Crippen molar-refractivity contribution in [3.05, 3.63) is 0 Å². The molecule has 0 aromatic carbocycles. The first-order chi connectivity index (χ1) is 57.2. The van der Waals surface area contributed by atoms with E-state index >= 15 is 0 Å². The fraction of sp³-hybridized carbons (Fsp3) is 1.00.